The van der Waals surface area contributed by atoms with Crippen molar-refractivity contribution >= 4 is 50.6 Å². The summed E-state index contributed by atoms with van der Waals surface area (Å²) in [7, 11) is 0. The summed E-state index contributed by atoms with van der Waals surface area (Å²) >= 11 is 10.4. The second-order valence-electron chi connectivity index (χ2n) is 3.76. The van der Waals surface area contributed by atoms with Gasteiger partial charge in [0.2, 0.25) is 0 Å². The van der Waals surface area contributed by atoms with E-state index in [9.17, 15) is 0 Å². The molecule has 1 unspecified atom stereocenters. The van der Waals surface area contributed by atoms with Gasteiger partial charge >= 0.3 is 0 Å². The number of thiocarbonyl (C=S) groups is 1. The molecule has 1 aromatic rings. The van der Waals surface area contributed by atoms with Crippen molar-refractivity contribution in [3.63, 3.8) is 0 Å². The van der Waals surface area contributed by atoms with E-state index in [2.05, 4.69) is 35.1 Å². The average Bonchev–Trinajstić information content (AvgIpc) is 2.26. The Morgan fingerprint density at radius 2 is 2.29 bits per heavy atom. The van der Waals surface area contributed by atoms with Gasteiger partial charge in [-0.05, 0) is 30.9 Å². The number of rotatable bonds is 6. The van der Waals surface area contributed by atoms with E-state index in [-0.39, 0.29) is 0 Å². The van der Waals surface area contributed by atoms with Gasteiger partial charge < -0.3 is 11.1 Å². The van der Waals surface area contributed by atoms with Gasteiger partial charge in [-0.1, -0.05) is 35.1 Å². The number of benzene rings is 1. The van der Waals surface area contributed by atoms with E-state index in [0.717, 1.165) is 27.2 Å². The van der Waals surface area contributed by atoms with Crippen LogP contribution in [0.4, 0.5) is 5.69 Å². The molecule has 0 fully saturated rings. The van der Waals surface area contributed by atoms with Gasteiger partial charge in [0.15, 0.2) is 0 Å². The zero-order valence-electron chi connectivity index (χ0n) is 10.00. The molecule has 0 bridgehead atoms. The smallest absolute Gasteiger partial charge is 0.106 e. The summed E-state index contributed by atoms with van der Waals surface area (Å²) in [5.74, 6) is 2.20. The van der Waals surface area contributed by atoms with E-state index in [1.165, 1.54) is 0 Å². The lowest BCUT2D eigenvalue weighted by Crippen LogP contribution is -2.21. The third kappa shape index (κ3) is 4.85. The van der Waals surface area contributed by atoms with Crippen molar-refractivity contribution in [1.82, 2.24) is 0 Å². The monoisotopic (exact) mass is 332 g/mol. The third-order valence-electron chi connectivity index (χ3n) is 2.22. The van der Waals surface area contributed by atoms with Gasteiger partial charge in [0.05, 0.1) is 0 Å². The van der Waals surface area contributed by atoms with Crippen LogP contribution in [0.25, 0.3) is 0 Å². The first-order chi connectivity index (χ1) is 8.04. The number of hydrogen-bond acceptors (Lipinski definition) is 3. The molecule has 1 aromatic carbocycles. The number of nitrogens with one attached hydrogen (secondary N) is 1. The fraction of sp³-hybridized carbons (Fsp3) is 0.417. The van der Waals surface area contributed by atoms with E-state index in [0.29, 0.717) is 11.0 Å². The fourth-order valence-electron chi connectivity index (χ4n) is 1.45. The van der Waals surface area contributed by atoms with Gasteiger partial charge in [-0.3, -0.25) is 0 Å². The van der Waals surface area contributed by atoms with Crippen molar-refractivity contribution in [2.75, 3.05) is 16.8 Å². The molecule has 1 atom stereocenters. The summed E-state index contributed by atoms with van der Waals surface area (Å²) in [5, 5.41) is 3.45. The van der Waals surface area contributed by atoms with Crippen molar-refractivity contribution in [1.29, 1.82) is 0 Å². The standard InChI is InChI=1S/C12H17BrN2S2/c1-3-17-7-8(2)15-11-6-9(13)4-5-10(11)12(14)16/h4-6,8,15H,3,7H2,1-2H3,(H2,14,16). The number of halogens is 1. The summed E-state index contributed by atoms with van der Waals surface area (Å²) < 4.78 is 1.02. The molecule has 1 rings (SSSR count). The predicted molar refractivity (Wildman–Crippen MR) is 86.1 cm³/mol. The van der Waals surface area contributed by atoms with Crippen LogP contribution in [0, 0.1) is 0 Å². The van der Waals surface area contributed by atoms with E-state index in [4.69, 9.17) is 18.0 Å². The Hall–Kier alpha value is -0.260. The van der Waals surface area contributed by atoms with Crippen LogP contribution in [-0.4, -0.2) is 22.5 Å². The Morgan fingerprint density at radius 1 is 1.59 bits per heavy atom. The Kier molecular flexibility index (Phi) is 6.30. The molecule has 0 radical (unpaired) electrons. The summed E-state index contributed by atoms with van der Waals surface area (Å²) in [6.07, 6.45) is 0. The Morgan fingerprint density at radius 3 is 2.88 bits per heavy atom. The molecule has 5 heteroatoms. The molecule has 0 amide bonds. The maximum absolute atomic E-state index is 5.71. The van der Waals surface area contributed by atoms with E-state index < -0.39 is 0 Å². The molecule has 0 aliphatic carbocycles. The predicted octanol–water partition coefficient (Wildman–Crippen LogP) is 3.64. The maximum atomic E-state index is 5.71. The molecule has 0 aromatic heterocycles. The minimum Gasteiger partial charge on any atom is -0.389 e. The van der Waals surface area contributed by atoms with Crippen LogP contribution in [0.5, 0.6) is 0 Å². The molecule has 0 spiro atoms. The lowest BCUT2D eigenvalue weighted by Gasteiger charge is -2.17. The molecule has 0 heterocycles. The average molecular weight is 333 g/mol. The van der Waals surface area contributed by atoms with Gasteiger partial charge in [-0.2, -0.15) is 11.8 Å². The van der Waals surface area contributed by atoms with Crippen LogP contribution in [0.3, 0.4) is 0 Å². The highest BCUT2D eigenvalue weighted by Gasteiger charge is 2.08. The van der Waals surface area contributed by atoms with Gasteiger partial charge in [-0.25, -0.2) is 0 Å². The Bertz CT molecular complexity index is 396. The molecular weight excluding hydrogens is 316 g/mol. The summed E-state index contributed by atoms with van der Waals surface area (Å²) in [4.78, 5) is 0.426. The normalized spacial score (nSPS) is 12.2. The molecule has 0 aliphatic rings. The molecular formula is C12H17BrN2S2. The molecule has 0 aliphatic heterocycles. The summed E-state index contributed by atoms with van der Waals surface area (Å²) in [5.41, 5.74) is 7.61. The minimum atomic E-state index is 0.391. The quantitative estimate of drug-likeness (QED) is 0.780. The summed E-state index contributed by atoms with van der Waals surface area (Å²) in [6, 6.07) is 6.30. The molecule has 2 nitrogen and oxygen atoms in total. The van der Waals surface area contributed by atoms with Crippen LogP contribution in [0.1, 0.15) is 19.4 Å². The highest BCUT2D eigenvalue weighted by Crippen LogP contribution is 2.22. The minimum absolute atomic E-state index is 0.391. The van der Waals surface area contributed by atoms with Crippen molar-refractivity contribution in [3.8, 4) is 0 Å². The van der Waals surface area contributed by atoms with Crippen LogP contribution < -0.4 is 11.1 Å². The molecule has 0 saturated carbocycles. The third-order valence-corrected chi connectivity index (χ3v) is 4.08. The zero-order chi connectivity index (χ0) is 12.8. The number of hydrogen-bond donors (Lipinski definition) is 2. The van der Waals surface area contributed by atoms with Gasteiger partial charge in [-0.15, -0.1) is 0 Å². The van der Waals surface area contributed by atoms with Crippen molar-refractivity contribution < 1.29 is 0 Å². The topological polar surface area (TPSA) is 38.0 Å². The SMILES string of the molecule is CCSCC(C)Nc1cc(Br)ccc1C(N)=S. The van der Waals surface area contributed by atoms with E-state index >= 15 is 0 Å². The summed E-state index contributed by atoms with van der Waals surface area (Å²) in [6.45, 7) is 4.32. The van der Waals surface area contributed by atoms with Crippen LogP contribution in [0.2, 0.25) is 0 Å². The first-order valence-corrected chi connectivity index (χ1v) is 7.83. The Balaban J connectivity index is 2.81. The van der Waals surface area contributed by atoms with E-state index in [1.807, 2.05) is 30.0 Å². The van der Waals surface area contributed by atoms with Gasteiger partial charge in [0.1, 0.15) is 4.99 Å². The largest absolute Gasteiger partial charge is 0.389 e. The molecule has 94 valence electrons. The second kappa shape index (κ2) is 7.24. The molecule has 3 N–H and O–H groups in total. The highest BCUT2D eigenvalue weighted by atomic mass is 79.9. The van der Waals surface area contributed by atoms with Gasteiger partial charge in [0.25, 0.3) is 0 Å². The molecule has 17 heavy (non-hydrogen) atoms. The zero-order valence-corrected chi connectivity index (χ0v) is 13.2. The lowest BCUT2D eigenvalue weighted by molar-refractivity contribution is 0.912. The van der Waals surface area contributed by atoms with Crippen molar-refractivity contribution in [2.45, 2.75) is 19.9 Å². The maximum Gasteiger partial charge on any atom is 0.106 e. The number of thioether (sulfide) groups is 1. The Labute approximate surface area is 121 Å². The van der Waals surface area contributed by atoms with E-state index in [1.54, 1.807) is 0 Å². The fourth-order valence-corrected chi connectivity index (χ4v) is 2.66. The first-order valence-electron chi connectivity index (χ1n) is 5.48. The lowest BCUT2D eigenvalue weighted by atomic mass is 10.1. The van der Waals surface area contributed by atoms with Crippen molar-refractivity contribution in [3.05, 3.63) is 28.2 Å². The molecule has 0 saturated heterocycles. The van der Waals surface area contributed by atoms with Crippen LogP contribution in [-0.2, 0) is 0 Å². The van der Waals surface area contributed by atoms with Crippen LogP contribution in [0.15, 0.2) is 22.7 Å². The highest BCUT2D eigenvalue weighted by molar-refractivity contribution is 9.10. The van der Waals surface area contributed by atoms with Crippen LogP contribution >= 0.6 is 39.9 Å². The number of nitrogens with two attached hydrogens (primary N) is 1. The first kappa shape index (κ1) is 14.8. The number of anilines is 1. The van der Waals surface area contributed by atoms with Gasteiger partial charge in [0, 0.05) is 27.5 Å². The van der Waals surface area contributed by atoms with Crippen molar-refractivity contribution in [2.24, 2.45) is 5.73 Å². The second-order valence-corrected chi connectivity index (χ2v) is 6.43.